The van der Waals surface area contributed by atoms with Gasteiger partial charge < -0.3 is 14.8 Å². The van der Waals surface area contributed by atoms with Gasteiger partial charge in [-0.15, -0.1) is 0 Å². The summed E-state index contributed by atoms with van der Waals surface area (Å²) in [6.07, 6.45) is 11.6. The van der Waals surface area contributed by atoms with Crippen molar-refractivity contribution < 1.29 is 9.59 Å². The number of nitrogens with zero attached hydrogens (tertiary/aromatic N) is 3. The van der Waals surface area contributed by atoms with E-state index in [0.29, 0.717) is 13.0 Å². The summed E-state index contributed by atoms with van der Waals surface area (Å²) >= 11 is 0. The van der Waals surface area contributed by atoms with Crippen LogP contribution in [0.2, 0.25) is 0 Å². The zero-order valence-corrected chi connectivity index (χ0v) is 14.5. The van der Waals surface area contributed by atoms with Crippen LogP contribution in [0.15, 0.2) is 12.4 Å². The molecule has 1 aromatic rings. The Morgan fingerprint density at radius 2 is 2.00 bits per heavy atom. The molecule has 1 N–H and O–H groups in total. The lowest BCUT2D eigenvalue weighted by molar-refractivity contribution is -0.142. The molecule has 2 fully saturated rings. The molecule has 2 heterocycles. The van der Waals surface area contributed by atoms with Crippen LogP contribution >= 0.6 is 0 Å². The van der Waals surface area contributed by atoms with Crippen LogP contribution in [0.4, 0.5) is 0 Å². The zero-order chi connectivity index (χ0) is 16.9. The second-order valence-corrected chi connectivity index (χ2v) is 7.02. The monoisotopic (exact) mass is 332 g/mol. The lowest BCUT2D eigenvalue weighted by atomic mass is 9.88. The molecule has 1 aliphatic carbocycles. The third-order valence-electron chi connectivity index (χ3n) is 5.36. The molecule has 0 aromatic carbocycles. The molecular formula is C18H28N4O2. The topological polar surface area (TPSA) is 67.2 Å². The summed E-state index contributed by atoms with van der Waals surface area (Å²) in [7, 11) is 1.95. The fourth-order valence-electron chi connectivity index (χ4n) is 3.94. The highest BCUT2D eigenvalue weighted by Crippen LogP contribution is 2.28. The maximum Gasteiger partial charge on any atom is 0.242 e. The van der Waals surface area contributed by atoms with Gasteiger partial charge in [-0.1, -0.05) is 19.3 Å². The summed E-state index contributed by atoms with van der Waals surface area (Å²) in [5.41, 5.74) is 0. The van der Waals surface area contributed by atoms with Crippen LogP contribution in [0, 0.1) is 5.92 Å². The highest BCUT2D eigenvalue weighted by molar-refractivity contribution is 5.89. The predicted molar refractivity (Wildman–Crippen MR) is 91.2 cm³/mol. The molecule has 1 saturated heterocycles. The number of hydrogen-bond donors (Lipinski definition) is 1. The van der Waals surface area contributed by atoms with Crippen LogP contribution in [0.25, 0.3) is 0 Å². The van der Waals surface area contributed by atoms with Crippen LogP contribution in [-0.4, -0.2) is 45.4 Å². The number of nitrogens with one attached hydrogen (secondary N) is 1. The van der Waals surface area contributed by atoms with E-state index in [1.54, 1.807) is 6.20 Å². The van der Waals surface area contributed by atoms with Gasteiger partial charge in [0.05, 0.1) is 0 Å². The van der Waals surface area contributed by atoms with Gasteiger partial charge in [0, 0.05) is 44.9 Å². The van der Waals surface area contributed by atoms with E-state index in [2.05, 4.69) is 10.3 Å². The van der Waals surface area contributed by atoms with Crippen LogP contribution in [0.1, 0.15) is 50.8 Å². The minimum absolute atomic E-state index is 0.00845. The Balaban J connectivity index is 1.51. The van der Waals surface area contributed by atoms with Gasteiger partial charge in [0.15, 0.2) is 0 Å². The van der Waals surface area contributed by atoms with Crippen molar-refractivity contribution in [1.82, 2.24) is 19.8 Å². The molecule has 2 amide bonds. The number of aryl methyl sites for hydroxylation is 1. The first-order chi connectivity index (χ1) is 11.7. The van der Waals surface area contributed by atoms with E-state index in [1.807, 2.05) is 22.7 Å². The van der Waals surface area contributed by atoms with E-state index in [9.17, 15) is 9.59 Å². The number of carbonyl (C=O) groups is 2. The van der Waals surface area contributed by atoms with E-state index < -0.39 is 0 Å². The van der Waals surface area contributed by atoms with Gasteiger partial charge in [-0.05, 0) is 25.7 Å². The van der Waals surface area contributed by atoms with Crippen molar-refractivity contribution in [3.63, 3.8) is 0 Å². The predicted octanol–water partition coefficient (Wildman–Crippen LogP) is 1.65. The van der Waals surface area contributed by atoms with Crippen LogP contribution in [-0.2, 0) is 23.1 Å². The molecule has 3 rings (SSSR count). The number of amides is 2. The third-order valence-corrected chi connectivity index (χ3v) is 5.36. The van der Waals surface area contributed by atoms with Gasteiger partial charge in [-0.3, -0.25) is 9.59 Å². The van der Waals surface area contributed by atoms with Gasteiger partial charge in [-0.2, -0.15) is 0 Å². The summed E-state index contributed by atoms with van der Waals surface area (Å²) in [4.78, 5) is 31.4. The molecule has 1 aliphatic heterocycles. The molecule has 132 valence electrons. The molecule has 0 bridgehead atoms. The van der Waals surface area contributed by atoms with Crippen molar-refractivity contribution in [2.24, 2.45) is 13.0 Å². The molecule has 2 aliphatic rings. The minimum Gasteiger partial charge on any atom is -0.354 e. The Morgan fingerprint density at radius 1 is 1.21 bits per heavy atom. The van der Waals surface area contributed by atoms with Crippen LogP contribution < -0.4 is 5.32 Å². The van der Waals surface area contributed by atoms with Gasteiger partial charge in [0.1, 0.15) is 11.9 Å². The first-order valence-corrected chi connectivity index (χ1v) is 9.21. The second kappa shape index (κ2) is 7.81. The van der Waals surface area contributed by atoms with Crippen molar-refractivity contribution in [2.45, 2.75) is 57.4 Å². The number of rotatable bonds is 5. The van der Waals surface area contributed by atoms with E-state index in [4.69, 9.17) is 0 Å². The average Bonchev–Trinajstić information content (AvgIpc) is 3.24. The summed E-state index contributed by atoms with van der Waals surface area (Å²) in [6.45, 7) is 1.29. The number of likely N-dealkylation sites (tertiary alicyclic amines) is 1. The van der Waals surface area contributed by atoms with Crippen LogP contribution in [0.3, 0.4) is 0 Å². The molecular weight excluding hydrogens is 304 g/mol. The maximum absolute atomic E-state index is 12.8. The molecule has 0 spiro atoms. The Labute approximate surface area is 143 Å². The summed E-state index contributed by atoms with van der Waals surface area (Å²) < 4.78 is 1.96. The lowest BCUT2D eigenvalue weighted by Gasteiger charge is -2.30. The normalized spacial score (nSPS) is 21.9. The molecule has 24 heavy (non-hydrogen) atoms. The summed E-state index contributed by atoms with van der Waals surface area (Å²) in [6, 6.07) is -0.277. The Hall–Kier alpha value is -1.85. The molecule has 0 unspecified atom stereocenters. The lowest BCUT2D eigenvalue weighted by Crippen LogP contribution is -2.48. The van der Waals surface area contributed by atoms with Crippen molar-refractivity contribution >= 4 is 11.8 Å². The molecule has 0 radical (unpaired) electrons. The standard InChI is InChI=1S/C18H28N4O2/c1-21-13-11-19-16(21)9-10-20-17(23)15-8-5-12-22(15)18(24)14-6-3-2-4-7-14/h11,13-15H,2-10,12H2,1H3,(H,20,23)/t15-/m0/s1. The summed E-state index contributed by atoms with van der Waals surface area (Å²) in [5.74, 6) is 1.29. The highest BCUT2D eigenvalue weighted by atomic mass is 16.2. The largest absolute Gasteiger partial charge is 0.354 e. The Kier molecular flexibility index (Phi) is 5.53. The number of carbonyl (C=O) groups excluding carboxylic acids is 2. The number of aromatic nitrogens is 2. The minimum atomic E-state index is -0.277. The van der Waals surface area contributed by atoms with E-state index in [-0.39, 0.29) is 23.8 Å². The Bertz CT molecular complexity index is 577. The van der Waals surface area contributed by atoms with Gasteiger partial charge in [0.25, 0.3) is 0 Å². The van der Waals surface area contributed by atoms with Gasteiger partial charge in [0.2, 0.25) is 11.8 Å². The van der Waals surface area contributed by atoms with Gasteiger partial charge in [-0.25, -0.2) is 4.98 Å². The zero-order valence-electron chi connectivity index (χ0n) is 14.5. The Morgan fingerprint density at radius 3 is 2.71 bits per heavy atom. The van der Waals surface area contributed by atoms with E-state index in [1.165, 1.54) is 6.42 Å². The van der Waals surface area contributed by atoms with Crippen LogP contribution in [0.5, 0.6) is 0 Å². The fraction of sp³-hybridized carbons (Fsp3) is 0.722. The van der Waals surface area contributed by atoms with Crippen molar-refractivity contribution in [3.8, 4) is 0 Å². The SMILES string of the molecule is Cn1ccnc1CCNC(=O)[C@@H]1CCCN1C(=O)C1CCCCC1. The molecule has 1 atom stereocenters. The highest BCUT2D eigenvalue weighted by Gasteiger charge is 2.37. The van der Waals surface area contributed by atoms with Crippen molar-refractivity contribution in [1.29, 1.82) is 0 Å². The fourth-order valence-corrected chi connectivity index (χ4v) is 3.94. The quantitative estimate of drug-likeness (QED) is 0.891. The van der Waals surface area contributed by atoms with E-state index >= 15 is 0 Å². The van der Waals surface area contributed by atoms with Crippen molar-refractivity contribution in [3.05, 3.63) is 18.2 Å². The molecule has 1 aromatic heterocycles. The third kappa shape index (κ3) is 3.79. The number of hydrogen-bond acceptors (Lipinski definition) is 3. The average molecular weight is 332 g/mol. The first-order valence-electron chi connectivity index (χ1n) is 9.21. The number of imidazole rings is 1. The smallest absolute Gasteiger partial charge is 0.242 e. The van der Waals surface area contributed by atoms with Gasteiger partial charge >= 0.3 is 0 Å². The molecule has 6 nitrogen and oxygen atoms in total. The first kappa shape index (κ1) is 17.0. The molecule has 6 heteroatoms. The maximum atomic E-state index is 12.8. The summed E-state index contributed by atoms with van der Waals surface area (Å²) in [5, 5.41) is 2.99. The van der Waals surface area contributed by atoms with E-state index in [0.717, 1.165) is 50.9 Å². The molecule has 1 saturated carbocycles. The van der Waals surface area contributed by atoms with Crippen molar-refractivity contribution in [2.75, 3.05) is 13.1 Å². The second-order valence-electron chi connectivity index (χ2n) is 7.02.